The maximum absolute atomic E-state index is 6.09. The lowest BCUT2D eigenvalue weighted by molar-refractivity contribution is 0.0829. The fourth-order valence-corrected chi connectivity index (χ4v) is 4.36. The van der Waals surface area contributed by atoms with Crippen LogP contribution >= 0.6 is 15.9 Å². The summed E-state index contributed by atoms with van der Waals surface area (Å²) in [6.07, 6.45) is 1.27. The highest BCUT2D eigenvalue weighted by Crippen LogP contribution is 2.50. The Morgan fingerprint density at radius 2 is 2.09 bits per heavy atom. The van der Waals surface area contributed by atoms with Crippen LogP contribution in [0.5, 0.6) is 5.75 Å². The maximum Gasteiger partial charge on any atom is 0.133 e. The Bertz CT molecular complexity index is 746. The minimum absolute atomic E-state index is 0.192. The van der Waals surface area contributed by atoms with Gasteiger partial charge in [0.2, 0.25) is 0 Å². The minimum atomic E-state index is 0.192. The Hall–Kier alpha value is -1.52. The van der Waals surface area contributed by atoms with Gasteiger partial charge in [-0.3, -0.25) is 0 Å². The topological polar surface area (TPSA) is 30.5 Å². The molecule has 2 heterocycles. The lowest BCUT2D eigenvalue weighted by Crippen LogP contribution is -2.29. The van der Waals surface area contributed by atoms with Gasteiger partial charge in [-0.05, 0) is 53.0 Å². The van der Waals surface area contributed by atoms with Crippen molar-refractivity contribution in [1.82, 2.24) is 0 Å². The van der Waals surface area contributed by atoms with Crippen molar-refractivity contribution >= 4 is 21.6 Å². The molecule has 2 aliphatic rings. The van der Waals surface area contributed by atoms with Gasteiger partial charge in [-0.25, -0.2) is 0 Å². The maximum atomic E-state index is 6.09. The normalized spacial score (nSPS) is 25.4. The number of hydrogen-bond acceptors (Lipinski definition) is 3. The first-order valence-corrected chi connectivity index (χ1v) is 8.79. The van der Waals surface area contributed by atoms with E-state index in [4.69, 9.17) is 9.47 Å². The van der Waals surface area contributed by atoms with Gasteiger partial charge < -0.3 is 14.8 Å². The molecule has 120 valence electrons. The minimum Gasteiger partial charge on any atom is -0.496 e. The molecule has 0 bridgehead atoms. The quantitative estimate of drug-likeness (QED) is 0.802. The van der Waals surface area contributed by atoms with Gasteiger partial charge in [0.15, 0.2) is 0 Å². The average molecular weight is 374 g/mol. The van der Waals surface area contributed by atoms with E-state index in [0.717, 1.165) is 23.2 Å². The predicted octanol–water partition coefficient (Wildman–Crippen LogP) is 5.01. The molecule has 2 aromatic carbocycles. The molecule has 0 spiro atoms. The molecule has 0 radical (unpaired) electrons. The van der Waals surface area contributed by atoms with Crippen LogP contribution in [0.15, 0.2) is 40.9 Å². The third-order valence-electron chi connectivity index (χ3n) is 4.93. The van der Waals surface area contributed by atoms with E-state index in [-0.39, 0.29) is 12.1 Å². The third-order valence-corrected chi connectivity index (χ3v) is 5.54. The first kappa shape index (κ1) is 15.0. The number of methoxy groups -OCH3 is 1. The average Bonchev–Trinajstić information content (AvgIpc) is 3.04. The van der Waals surface area contributed by atoms with Crippen LogP contribution in [-0.4, -0.2) is 13.7 Å². The molecule has 3 nitrogen and oxygen atoms in total. The number of benzene rings is 2. The van der Waals surface area contributed by atoms with Gasteiger partial charge in [0.05, 0.1) is 23.7 Å². The van der Waals surface area contributed by atoms with E-state index < -0.39 is 0 Å². The molecule has 1 N–H and O–H groups in total. The molecule has 0 aliphatic carbocycles. The summed E-state index contributed by atoms with van der Waals surface area (Å²) >= 11 is 3.60. The smallest absolute Gasteiger partial charge is 0.133 e. The second-order valence-electron chi connectivity index (χ2n) is 6.35. The molecule has 0 unspecified atom stereocenters. The summed E-state index contributed by atoms with van der Waals surface area (Å²) in [5.74, 6) is 1.32. The molecule has 1 saturated heterocycles. The van der Waals surface area contributed by atoms with Crippen LogP contribution in [-0.2, 0) is 4.74 Å². The predicted molar refractivity (Wildman–Crippen MR) is 95.0 cm³/mol. The van der Waals surface area contributed by atoms with Gasteiger partial charge in [-0.2, -0.15) is 0 Å². The van der Waals surface area contributed by atoms with E-state index in [1.54, 1.807) is 7.11 Å². The number of fused-ring (bicyclic) bond motifs is 3. The van der Waals surface area contributed by atoms with Crippen molar-refractivity contribution in [2.24, 2.45) is 5.92 Å². The molecule has 2 aliphatic heterocycles. The first-order chi connectivity index (χ1) is 11.2. The summed E-state index contributed by atoms with van der Waals surface area (Å²) in [6.45, 7) is 2.97. The van der Waals surface area contributed by atoms with E-state index in [1.807, 2.05) is 6.07 Å². The highest BCUT2D eigenvalue weighted by Gasteiger charge is 2.41. The van der Waals surface area contributed by atoms with E-state index in [1.165, 1.54) is 22.4 Å². The van der Waals surface area contributed by atoms with Crippen LogP contribution < -0.4 is 10.1 Å². The molecular formula is C19H20BrNO2. The fraction of sp³-hybridized carbons (Fsp3) is 0.368. The number of anilines is 1. The second-order valence-corrected chi connectivity index (χ2v) is 7.20. The Kier molecular flexibility index (Phi) is 3.82. The zero-order valence-corrected chi connectivity index (χ0v) is 14.9. The Morgan fingerprint density at radius 1 is 1.22 bits per heavy atom. The monoisotopic (exact) mass is 373 g/mol. The van der Waals surface area contributed by atoms with E-state index in [0.29, 0.717) is 5.92 Å². The fourth-order valence-electron chi connectivity index (χ4n) is 3.80. The third kappa shape index (κ3) is 2.54. The largest absolute Gasteiger partial charge is 0.496 e. The highest BCUT2D eigenvalue weighted by atomic mass is 79.9. The number of rotatable bonds is 2. The lowest BCUT2D eigenvalue weighted by Gasteiger charge is -2.36. The summed E-state index contributed by atoms with van der Waals surface area (Å²) in [5, 5.41) is 3.73. The zero-order valence-electron chi connectivity index (χ0n) is 13.3. The molecule has 23 heavy (non-hydrogen) atoms. The molecule has 2 aromatic rings. The standard InChI is InChI=1S/C19H20BrNO2/c1-11-3-5-16-14(9-11)19-13(7-8-23-19)18(21-16)12-4-6-17(22-2)15(20)10-12/h3-6,9-10,13,18-19,21H,7-8H2,1-2H3/t13-,18-,19+/m0/s1. The molecule has 0 saturated carbocycles. The van der Waals surface area contributed by atoms with Crippen LogP contribution in [0.3, 0.4) is 0 Å². The van der Waals surface area contributed by atoms with Crippen LogP contribution in [0.2, 0.25) is 0 Å². The molecular weight excluding hydrogens is 354 g/mol. The van der Waals surface area contributed by atoms with Crippen molar-refractivity contribution < 1.29 is 9.47 Å². The van der Waals surface area contributed by atoms with Gasteiger partial charge in [-0.1, -0.05) is 23.8 Å². The van der Waals surface area contributed by atoms with Gasteiger partial charge in [0, 0.05) is 23.8 Å². The van der Waals surface area contributed by atoms with Gasteiger partial charge in [0.25, 0.3) is 0 Å². The molecule has 3 atom stereocenters. The summed E-state index contributed by atoms with van der Waals surface area (Å²) in [4.78, 5) is 0. The second kappa shape index (κ2) is 5.84. The summed E-state index contributed by atoms with van der Waals surface area (Å²) in [7, 11) is 1.69. The van der Waals surface area contributed by atoms with Gasteiger partial charge in [0.1, 0.15) is 5.75 Å². The molecule has 0 amide bonds. The Balaban J connectivity index is 1.75. The number of halogens is 1. The SMILES string of the molecule is COc1ccc([C@@H]2Nc3ccc(C)cc3[C@@H]3OCC[C@@H]23)cc1Br. The molecule has 1 fully saturated rings. The zero-order chi connectivity index (χ0) is 16.0. The molecule has 4 heteroatoms. The van der Waals surface area contributed by atoms with Crippen LogP contribution in [0, 0.1) is 12.8 Å². The van der Waals surface area contributed by atoms with Crippen molar-refractivity contribution in [3.63, 3.8) is 0 Å². The van der Waals surface area contributed by atoms with Crippen molar-refractivity contribution in [2.75, 3.05) is 19.0 Å². The van der Waals surface area contributed by atoms with Crippen LogP contribution in [0.1, 0.15) is 35.3 Å². The highest BCUT2D eigenvalue weighted by molar-refractivity contribution is 9.10. The van der Waals surface area contributed by atoms with Crippen molar-refractivity contribution in [3.8, 4) is 5.75 Å². The van der Waals surface area contributed by atoms with E-state index in [2.05, 4.69) is 58.5 Å². The summed E-state index contributed by atoms with van der Waals surface area (Å²) < 4.78 is 12.4. The number of aryl methyl sites for hydroxylation is 1. The van der Waals surface area contributed by atoms with Crippen molar-refractivity contribution in [2.45, 2.75) is 25.5 Å². The van der Waals surface area contributed by atoms with Crippen molar-refractivity contribution in [1.29, 1.82) is 0 Å². The van der Waals surface area contributed by atoms with Crippen molar-refractivity contribution in [3.05, 3.63) is 57.6 Å². The first-order valence-electron chi connectivity index (χ1n) is 7.99. The van der Waals surface area contributed by atoms with E-state index in [9.17, 15) is 0 Å². The lowest BCUT2D eigenvalue weighted by atomic mass is 9.80. The summed E-state index contributed by atoms with van der Waals surface area (Å²) in [5.41, 5.74) is 5.04. The Morgan fingerprint density at radius 3 is 2.87 bits per heavy atom. The molecule has 4 rings (SSSR count). The van der Waals surface area contributed by atoms with Gasteiger partial charge in [-0.15, -0.1) is 0 Å². The van der Waals surface area contributed by atoms with Crippen LogP contribution in [0.25, 0.3) is 0 Å². The number of nitrogens with one attached hydrogen (secondary N) is 1. The summed E-state index contributed by atoms with van der Waals surface area (Å²) in [6, 6.07) is 13.2. The number of ether oxygens (including phenoxy) is 2. The number of hydrogen-bond donors (Lipinski definition) is 1. The van der Waals surface area contributed by atoms with Crippen LogP contribution in [0.4, 0.5) is 5.69 Å². The van der Waals surface area contributed by atoms with E-state index >= 15 is 0 Å². The Labute approximate surface area is 145 Å². The van der Waals surface area contributed by atoms with Gasteiger partial charge >= 0.3 is 0 Å². The molecule has 0 aromatic heterocycles.